The van der Waals surface area contributed by atoms with Crippen molar-refractivity contribution in [2.75, 3.05) is 0 Å². The van der Waals surface area contributed by atoms with Gasteiger partial charge in [0, 0.05) is 13.2 Å². The second kappa shape index (κ2) is 8.31. The summed E-state index contributed by atoms with van der Waals surface area (Å²) >= 11 is 0. The van der Waals surface area contributed by atoms with E-state index in [0.29, 0.717) is 22.5 Å². The first kappa shape index (κ1) is 22.7. The van der Waals surface area contributed by atoms with Crippen LogP contribution in [0.5, 0.6) is 5.75 Å². The topological polar surface area (TPSA) is 66.5 Å². The minimum Gasteiger partial charge on any atom is -0.406 e. The number of fused-ring (bicyclic) bond motifs is 2. The van der Waals surface area contributed by atoms with Gasteiger partial charge in [-0.2, -0.15) is 8.78 Å². The Kier molecular flexibility index (Phi) is 5.39. The van der Waals surface area contributed by atoms with Crippen LogP contribution in [-0.4, -0.2) is 30.5 Å². The fraction of sp³-hybridized carbons (Fsp3) is 0.174. The molecule has 0 aliphatic heterocycles. The molecular weight excluding hydrogens is 473 g/mol. The highest BCUT2D eigenvalue weighted by atomic mass is 19.4. The van der Waals surface area contributed by atoms with Gasteiger partial charge in [0.1, 0.15) is 18.2 Å². The van der Waals surface area contributed by atoms with E-state index < -0.39 is 30.7 Å². The molecule has 2 aromatic carbocycles. The normalized spacial score (nSPS) is 12.5. The predicted molar refractivity (Wildman–Crippen MR) is 115 cm³/mol. The monoisotopic (exact) mass is 489 g/mol. The van der Waals surface area contributed by atoms with Gasteiger partial charge in [-0.25, -0.2) is 4.98 Å². The predicted octanol–water partition coefficient (Wildman–Crippen LogP) is 5.45. The van der Waals surface area contributed by atoms with E-state index in [9.17, 15) is 13.2 Å². The van der Waals surface area contributed by atoms with Gasteiger partial charge in [-0.15, -0.1) is 23.4 Å². The first-order valence-corrected chi connectivity index (χ1v) is 10.2. The Labute approximate surface area is 194 Å². The Morgan fingerprint density at radius 3 is 2.29 bits per heavy atom. The fourth-order valence-corrected chi connectivity index (χ4v) is 3.65. The smallest absolute Gasteiger partial charge is 0.406 e. The van der Waals surface area contributed by atoms with E-state index in [1.807, 2.05) is 12.1 Å². The van der Waals surface area contributed by atoms with E-state index in [4.69, 9.17) is 4.74 Å². The van der Waals surface area contributed by atoms with Gasteiger partial charge in [-0.05, 0) is 47.5 Å². The van der Waals surface area contributed by atoms with E-state index in [1.165, 1.54) is 24.4 Å². The fourth-order valence-electron chi connectivity index (χ4n) is 3.65. The molecule has 0 amide bonds. The van der Waals surface area contributed by atoms with Crippen LogP contribution in [0.25, 0.3) is 27.8 Å². The number of alkyl halides is 5. The molecule has 0 radical (unpaired) electrons. The number of benzene rings is 2. The van der Waals surface area contributed by atoms with Gasteiger partial charge in [-0.1, -0.05) is 24.3 Å². The summed E-state index contributed by atoms with van der Waals surface area (Å²) in [7, 11) is 1.70. The maximum absolute atomic E-state index is 15.0. The largest absolute Gasteiger partial charge is 0.573 e. The molecule has 7 nitrogen and oxygen atoms in total. The third-order valence-electron chi connectivity index (χ3n) is 5.35. The number of pyridine rings is 1. The van der Waals surface area contributed by atoms with Crippen LogP contribution in [0.3, 0.4) is 0 Å². The zero-order chi connectivity index (χ0) is 24.8. The molecular formula is C23H16F5N5O2. The number of aromatic nitrogens is 5. The zero-order valence-electron chi connectivity index (χ0n) is 18.0. The lowest BCUT2D eigenvalue weighted by Crippen LogP contribution is -2.22. The number of aryl methyl sites for hydroxylation is 1. The Morgan fingerprint density at radius 1 is 0.857 bits per heavy atom. The second-order valence-electron chi connectivity index (χ2n) is 7.62. The summed E-state index contributed by atoms with van der Waals surface area (Å²) in [6.45, 7) is -0.479. The molecule has 35 heavy (non-hydrogen) atoms. The highest BCUT2D eigenvalue weighted by Gasteiger charge is 2.39. The molecule has 0 saturated carbocycles. The SMILES string of the molecule is Cn1c(COC(F)(F)c2nnc3ccc(-c4ccc(OC(F)(F)F)cc4)cn23)nc2ccccc21. The first-order valence-electron chi connectivity index (χ1n) is 10.2. The molecule has 5 aromatic rings. The van der Waals surface area contributed by atoms with Gasteiger partial charge < -0.3 is 14.0 Å². The number of ether oxygens (including phenoxy) is 2. The highest BCUT2D eigenvalue weighted by molar-refractivity contribution is 5.75. The molecule has 0 N–H and O–H groups in total. The van der Waals surface area contributed by atoms with Crippen molar-refractivity contribution in [3.05, 3.63) is 78.5 Å². The molecule has 0 fully saturated rings. The molecule has 3 heterocycles. The number of rotatable bonds is 6. The van der Waals surface area contributed by atoms with Crippen molar-refractivity contribution in [1.82, 2.24) is 24.1 Å². The first-order chi connectivity index (χ1) is 16.6. The zero-order valence-corrected chi connectivity index (χ0v) is 18.0. The summed E-state index contributed by atoms with van der Waals surface area (Å²) in [6.07, 6.45) is -7.26. The van der Waals surface area contributed by atoms with Crippen molar-refractivity contribution in [2.45, 2.75) is 19.1 Å². The van der Waals surface area contributed by atoms with Gasteiger partial charge in [-0.3, -0.25) is 4.40 Å². The van der Waals surface area contributed by atoms with E-state index >= 15 is 8.78 Å². The molecule has 0 spiro atoms. The van der Waals surface area contributed by atoms with Gasteiger partial charge in [0.05, 0.1) is 11.0 Å². The molecule has 0 aliphatic carbocycles. The molecule has 3 aromatic heterocycles. The Hall–Kier alpha value is -4.06. The van der Waals surface area contributed by atoms with Crippen molar-refractivity contribution in [1.29, 1.82) is 0 Å². The van der Waals surface area contributed by atoms with Gasteiger partial charge in [0.2, 0.25) is 5.82 Å². The summed E-state index contributed by atoms with van der Waals surface area (Å²) in [4.78, 5) is 4.32. The van der Waals surface area contributed by atoms with Crippen molar-refractivity contribution < 1.29 is 31.4 Å². The third kappa shape index (κ3) is 4.52. The second-order valence-corrected chi connectivity index (χ2v) is 7.62. The standard InChI is InChI=1S/C23H16F5N5O2/c1-32-18-5-3-2-4-17(18)29-20(32)13-34-22(24,25)21-31-30-19-11-8-15(12-33(19)21)14-6-9-16(10-7-14)35-23(26,27)28/h2-12H,13H2,1H3. The maximum Gasteiger partial charge on any atom is 0.573 e. The van der Waals surface area contributed by atoms with Crippen LogP contribution in [0.4, 0.5) is 22.0 Å². The van der Waals surface area contributed by atoms with Crippen molar-refractivity contribution in [3.8, 4) is 16.9 Å². The van der Waals surface area contributed by atoms with Crippen LogP contribution in [0.1, 0.15) is 11.6 Å². The number of hydrogen-bond acceptors (Lipinski definition) is 5. The van der Waals surface area contributed by atoms with Crippen LogP contribution in [0.2, 0.25) is 0 Å². The lowest BCUT2D eigenvalue weighted by Gasteiger charge is -2.15. The van der Waals surface area contributed by atoms with Crippen LogP contribution in [-0.2, 0) is 24.5 Å². The highest BCUT2D eigenvalue weighted by Crippen LogP contribution is 2.32. The van der Waals surface area contributed by atoms with Crippen molar-refractivity contribution in [2.24, 2.45) is 7.05 Å². The summed E-state index contributed by atoms with van der Waals surface area (Å²) in [6, 6.07) is 15.3. The van der Waals surface area contributed by atoms with E-state index in [2.05, 4.69) is 19.9 Å². The number of nitrogens with zero attached hydrogens (tertiary/aromatic N) is 5. The lowest BCUT2D eigenvalue weighted by atomic mass is 10.1. The summed E-state index contributed by atoms with van der Waals surface area (Å²) in [5, 5.41) is 7.37. The molecule has 0 bridgehead atoms. The number of hydrogen-bond donors (Lipinski definition) is 0. The average molecular weight is 489 g/mol. The molecule has 5 rings (SSSR count). The van der Waals surface area contributed by atoms with Gasteiger partial charge >= 0.3 is 12.5 Å². The van der Waals surface area contributed by atoms with Gasteiger partial charge in [0.25, 0.3) is 0 Å². The van der Waals surface area contributed by atoms with E-state index in [0.717, 1.165) is 22.1 Å². The Balaban J connectivity index is 1.41. The van der Waals surface area contributed by atoms with Gasteiger partial charge in [0.15, 0.2) is 5.65 Å². The summed E-state index contributed by atoms with van der Waals surface area (Å²) in [5.41, 5.74) is 2.50. The third-order valence-corrected chi connectivity index (χ3v) is 5.35. The van der Waals surface area contributed by atoms with Crippen LogP contribution >= 0.6 is 0 Å². The Morgan fingerprint density at radius 2 is 1.57 bits per heavy atom. The van der Waals surface area contributed by atoms with Crippen LogP contribution in [0.15, 0.2) is 66.9 Å². The summed E-state index contributed by atoms with van der Waals surface area (Å²) in [5.74, 6) is -0.833. The number of imidazole rings is 1. The molecule has 180 valence electrons. The molecule has 0 unspecified atom stereocenters. The van der Waals surface area contributed by atoms with Crippen LogP contribution in [0, 0.1) is 0 Å². The number of halogens is 5. The Bertz CT molecular complexity index is 1510. The van der Waals surface area contributed by atoms with Crippen molar-refractivity contribution in [3.63, 3.8) is 0 Å². The molecule has 12 heteroatoms. The van der Waals surface area contributed by atoms with Crippen LogP contribution < -0.4 is 4.74 Å². The van der Waals surface area contributed by atoms with E-state index in [1.54, 1.807) is 29.8 Å². The maximum atomic E-state index is 15.0. The number of para-hydroxylation sites is 2. The minimum absolute atomic E-state index is 0.145. The molecule has 0 aliphatic rings. The van der Waals surface area contributed by atoms with Crippen molar-refractivity contribution >= 4 is 16.7 Å². The average Bonchev–Trinajstić information content (AvgIpc) is 3.39. The molecule has 0 atom stereocenters. The van der Waals surface area contributed by atoms with E-state index in [-0.39, 0.29) is 5.65 Å². The summed E-state index contributed by atoms with van der Waals surface area (Å²) < 4.78 is 78.7. The lowest BCUT2D eigenvalue weighted by molar-refractivity contribution is -0.274. The molecule has 0 saturated heterocycles. The quantitative estimate of drug-likeness (QED) is 0.297. The minimum atomic E-state index is -4.81.